The number of pyridine rings is 1. The standard InChI is InChI=1S/C46H47N3O/c1-26(2)24-47-36-20-14-18-31-30-17-13-19-32-37-23-33(28-15-11-10-12-16-28)27(3)25-48(37)46(38(30)32)41-42(46)50-40-34(43(47)49(41)39(31)36)21-29(44(4,5)6)22-35(40)45(7,8)9/h10-23,25-26,41-42H,24H2,1-9H3/q+2. The molecular formula is C46H47N3O+2. The Morgan fingerprint density at radius 1 is 0.780 bits per heavy atom. The first-order valence-electron chi connectivity index (χ1n) is 18.5. The molecule has 3 atom stereocenters. The van der Waals surface area contributed by atoms with E-state index in [9.17, 15) is 0 Å². The summed E-state index contributed by atoms with van der Waals surface area (Å²) in [5.74, 6) is 2.83. The van der Waals surface area contributed by atoms with Gasteiger partial charge in [0.25, 0.3) is 11.4 Å². The summed E-state index contributed by atoms with van der Waals surface area (Å²) in [6.07, 6.45) is 2.38. The number of para-hydroxylation sites is 1. The molecule has 4 aromatic carbocycles. The molecule has 4 heteroatoms. The summed E-state index contributed by atoms with van der Waals surface area (Å²) in [5, 5.41) is 0. The number of ether oxygens (including phenoxy) is 1. The number of hydrogen-bond acceptors (Lipinski definition) is 1. The fraction of sp³-hybridized carbons (Fsp3) is 0.348. The lowest BCUT2D eigenvalue weighted by atomic mass is 9.78. The summed E-state index contributed by atoms with van der Waals surface area (Å²) in [6, 6.07) is 32.3. The number of benzene rings is 4. The van der Waals surface area contributed by atoms with Crippen LogP contribution in [0, 0.1) is 12.8 Å². The van der Waals surface area contributed by atoms with Crippen molar-refractivity contribution in [3.05, 3.63) is 113 Å². The van der Waals surface area contributed by atoms with Crippen LogP contribution in [0.4, 0.5) is 0 Å². The van der Waals surface area contributed by atoms with Crippen molar-refractivity contribution in [2.75, 3.05) is 0 Å². The van der Waals surface area contributed by atoms with Gasteiger partial charge in [-0.15, -0.1) is 0 Å². The SMILES string of the molecule is Cc1c[n+]2c(cc1-c1ccccc1)-c1cccc3c1C21C2Oc4c(cc(C(C)(C)C)cc4C(C)(C)C)-c4n(CC(C)C)c5cccc-3c5[n+]4C21. The minimum atomic E-state index is -0.369. The van der Waals surface area contributed by atoms with Crippen LogP contribution < -0.4 is 13.9 Å². The Bertz CT molecular complexity index is 2450. The highest BCUT2D eigenvalue weighted by Gasteiger charge is 2.86. The average Bonchev–Trinajstić information content (AvgIpc) is 3.57. The molecule has 0 bridgehead atoms. The van der Waals surface area contributed by atoms with Crippen LogP contribution >= 0.6 is 0 Å². The second-order valence-electron chi connectivity index (χ2n) is 17.8. The fourth-order valence-electron chi connectivity index (χ4n) is 9.72. The van der Waals surface area contributed by atoms with E-state index in [-0.39, 0.29) is 28.5 Å². The average molecular weight is 658 g/mol. The van der Waals surface area contributed by atoms with Gasteiger partial charge in [0.05, 0.1) is 17.7 Å². The lowest BCUT2D eigenvalue weighted by molar-refractivity contribution is -0.763. The monoisotopic (exact) mass is 657 g/mol. The lowest BCUT2D eigenvalue weighted by Gasteiger charge is -2.28. The molecule has 1 aliphatic carbocycles. The predicted molar refractivity (Wildman–Crippen MR) is 202 cm³/mol. The first-order valence-corrected chi connectivity index (χ1v) is 18.5. The van der Waals surface area contributed by atoms with Gasteiger partial charge in [-0.3, -0.25) is 0 Å². The smallest absolute Gasteiger partial charge is 0.294 e. The Labute approximate surface area is 296 Å². The molecular weight excluding hydrogens is 611 g/mol. The number of nitrogens with zero attached hydrogens (tertiary/aromatic N) is 3. The van der Waals surface area contributed by atoms with Crippen molar-refractivity contribution >= 4 is 11.0 Å². The van der Waals surface area contributed by atoms with Crippen molar-refractivity contribution in [3.63, 3.8) is 0 Å². The van der Waals surface area contributed by atoms with Gasteiger partial charge in [0.2, 0.25) is 17.8 Å². The maximum Gasteiger partial charge on any atom is 0.294 e. The molecule has 5 heterocycles. The molecule has 6 aromatic rings. The van der Waals surface area contributed by atoms with E-state index >= 15 is 0 Å². The van der Waals surface area contributed by atoms with E-state index in [0.29, 0.717) is 5.92 Å². The molecule has 250 valence electrons. The minimum absolute atomic E-state index is 0.0102. The maximum atomic E-state index is 7.68. The van der Waals surface area contributed by atoms with Crippen LogP contribution in [0.5, 0.6) is 5.75 Å². The zero-order valence-electron chi connectivity index (χ0n) is 30.8. The van der Waals surface area contributed by atoms with Gasteiger partial charge in [0.15, 0.2) is 17.2 Å². The molecule has 0 N–H and O–H groups in total. The number of aromatic nitrogens is 3. The quantitative estimate of drug-likeness (QED) is 0.174. The molecule has 10 rings (SSSR count). The third-order valence-electron chi connectivity index (χ3n) is 12.0. The summed E-state index contributed by atoms with van der Waals surface area (Å²) in [5.41, 5.74) is 16.6. The number of fused-ring (bicyclic) bond motifs is 5. The van der Waals surface area contributed by atoms with Crippen LogP contribution in [-0.4, -0.2) is 10.7 Å². The Balaban J connectivity index is 1.37. The highest BCUT2D eigenvalue weighted by Crippen LogP contribution is 2.66. The van der Waals surface area contributed by atoms with Crippen molar-refractivity contribution in [1.82, 2.24) is 4.57 Å². The minimum Gasteiger partial charge on any atom is -0.476 e. The van der Waals surface area contributed by atoms with Gasteiger partial charge in [-0.2, -0.15) is 4.57 Å². The van der Waals surface area contributed by atoms with E-state index in [2.05, 4.69) is 167 Å². The summed E-state index contributed by atoms with van der Waals surface area (Å²) >= 11 is 0. The molecule has 3 unspecified atom stereocenters. The van der Waals surface area contributed by atoms with Crippen molar-refractivity contribution in [2.45, 2.75) is 97.4 Å². The second-order valence-corrected chi connectivity index (χ2v) is 17.8. The summed E-state index contributed by atoms with van der Waals surface area (Å²) < 4.78 is 15.7. The molecule has 3 aliphatic heterocycles. The van der Waals surface area contributed by atoms with Gasteiger partial charge in [0, 0.05) is 22.8 Å². The molecule has 2 aromatic heterocycles. The van der Waals surface area contributed by atoms with Gasteiger partial charge >= 0.3 is 0 Å². The van der Waals surface area contributed by atoms with Gasteiger partial charge in [-0.25, -0.2) is 9.13 Å². The Morgan fingerprint density at radius 3 is 2.22 bits per heavy atom. The molecule has 1 spiro atoms. The normalized spacial score (nSPS) is 20.6. The van der Waals surface area contributed by atoms with Crippen LogP contribution in [0.3, 0.4) is 0 Å². The first-order chi connectivity index (χ1) is 23.8. The van der Waals surface area contributed by atoms with Gasteiger partial charge < -0.3 is 4.74 Å². The third kappa shape index (κ3) is 3.67. The topological polar surface area (TPSA) is 21.9 Å². The molecule has 0 saturated heterocycles. The van der Waals surface area contributed by atoms with Crippen molar-refractivity contribution in [3.8, 4) is 50.6 Å². The fourth-order valence-corrected chi connectivity index (χ4v) is 9.72. The zero-order chi connectivity index (χ0) is 34.6. The van der Waals surface area contributed by atoms with E-state index in [1.165, 1.54) is 78.2 Å². The van der Waals surface area contributed by atoms with Crippen molar-refractivity contribution < 1.29 is 13.9 Å². The Morgan fingerprint density at radius 2 is 1.50 bits per heavy atom. The van der Waals surface area contributed by atoms with Crippen molar-refractivity contribution in [1.29, 1.82) is 0 Å². The molecule has 4 aliphatic rings. The van der Waals surface area contributed by atoms with Gasteiger partial charge in [-0.05, 0) is 70.2 Å². The number of hydrogen-bond donors (Lipinski definition) is 0. The highest BCUT2D eigenvalue weighted by atomic mass is 16.5. The molecule has 0 amide bonds. The van der Waals surface area contributed by atoms with Crippen LogP contribution in [-0.2, 0) is 22.9 Å². The van der Waals surface area contributed by atoms with Crippen LogP contribution in [0.1, 0.15) is 83.7 Å². The molecule has 50 heavy (non-hydrogen) atoms. The zero-order valence-corrected chi connectivity index (χ0v) is 30.8. The number of aryl methyl sites for hydroxylation is 1. The largest absolute Gasteiger partial charge is 0.476 e. The van der Waals surface area contributed by atoms with E-state index in [4.69, 9.17) is 4.74 Å². The molecule has 0 radical (unpaired) electrons. The summed E-state index contributed by atoms with van der Waals surface area (Å²) in [6.45, 7) is 22.0. The van der Waals surface area contributed by atoms with Gasteiger partial charge in [-0.1, -0.05) is 110 Å². The van der Waals surface area contributed by atoms with Crippen LogP contribution in [0.25, 0.3) is 55.9 Å². The lowest BCUT2D eigenvalue weighted by Crippen LogP contribution is -2.52. The number of rotatable bonds is 3. The molecule has 1 saturated carbocycles. The van der Waals surface area contributed by atoms with Crippen LogP contribution in [0.2, 0.25) is 0 Å². The van der Waals surface area contributed by atoms with Crippen LogP contribution in [0.15, 0.2) is 91.1 Å². The highest BCUT2D eigenvalue weighted by molar-refractivity contribution is 5.96. The maximum absolute atomic E-state index is 7.68. The summed E-state index contributed by atoms with van der Waals surface area (Å²) in [4.78, 5) is 0. The van der Waals surface area contributed by atoms with E-state index in [1.54, 1.807) is 0 Å². The molecule has 4 nitrogen and oxygen atoms in total. The Kier molecular flexibility index (Phi) is 5.75. The molecule has 1 fully saturated rings. The number of imidazole rings is 1. The first kappa shape index (κ1) is 30.2. The second kappa shape index (κ2) is 9.54. The summed E-state index contributed by atoms with van der Waals surface area (Å²) in [7, 11) is 0. The predicted octanol–water partition coefficient (Wildman–Crippen LogP) is 9.83. The van der Waals surface area contributed by atoms with Gasteiger partial charge in [0.1, 0.15) is 11.3 Å². The van der Waals surface area contributed by atoms with E-state index in [0.717, 1.165) is 12.3 Å². The van der Waals surface area contributed by atoms with E-state index in [1.807, 2.05) is 0 Å². The Hall–Kier alpha value is -4.70. The van der Waals surface area contributed by atoms with Crippen molar-refractivity contribution in [2.24, 2.45) is 5.92 Å². The third-order valence-corrected chi connectivity index (χ3v) is 12.0. The van der Waals surface area contributed by atoms with E-state index < -0.39 is 0 Å².